The van der Waals surface area contributed by atoms with E-state index in [1.165, 1.54) is 11.3 Å². The molecule has 100 valence electrons. The summed E-state index contributed by atoms with van der Waals surface area (Å²) in [5, 5.41) is 2.64. The number of hydrogen-bond acceptors (Lipinski definition) is 4. The highest BCUT2D eigenvalue weighted by Crippen LogP contribution is 2.15. The number of thiophene rings is 1. The van der Waals surface area contributed by atoms with Crippen LogP contribution in [0.2, 0.25) is 0 Å². The van der Waals surface area contributed by atoms with Gasteiger partial charge in [0.1, 0.15) is 5.75 Å². The first kappa shape index (κ1) is 15.0. The monoisotopic (exact) mass is 287 g/mol. The maximum atomic E-state index is 11.7. The molecule has 1 heterocycles. The number of rotatable bonds is 7. The van der Waals surface area contributed by atoms with Crippen molar-refractivity contribution in [3.8, 4) is 0 Å². The van der Waals surface area contributed by atoms with E-state index >= 15 is 0 Å². The van der Waals surface area contributed by atoms with Crippen LogP contribution in [0, 0.1) is 6.92 Å². The molecule has 1 amide bonds. The Morgan fingerprint density at radius 2 is 2.06 bits per heavy atom. The van der Waals surface area contributed by atoms with Crippen molar-refractivity contribution >= 4 is 33.8 Å². The molecule has 0 aromatic carbocycles. The number of hydrogen-bond donors (Lipinski definition) is 1. The molecule has 0 saturated carbocycles. The van der Waals surface area contributed by atoms with Gasteiger partial charge >= 0.3 is 0 Å². The molecule has 1 atom stereocenters. The summed E-state index contributed by atoms with van der Waals surface area (Å²) in [6.45, 7) is 4.44. The fourth-order valence-corrected chi connectivity index (χ4v) is 3.16. The Kier molecular flexibility index (Phi) is 6.21. The van der Waals surface area contributed by atoms with Crippen molar-refractivity contribution in [1.29, 1.82) is 0 Å². The summed E-state index contributed by atoms with van der Waals surface area (Å²) in [6, 6.07) is 3.59. The zero-order valence-corrected chi connectivity index (χ0v) is 12.2. The second kappa shape index (κ2) is 7.43. The molecule has 1 aromatic heterocycles. The quantitative estimate of drug-likeness (QED) is 0.773. The SMILES string of the molecule is CCCNC(=O)CS(=O)CC(=O)c1ccc(C)s1. The topological polar surface area (TPSA) is 63.2 Å². The van der Waals surface area contributed by atoms with Crippen molar-refractivity contribution < 1.29 is 13.8 Å². The van der Waals surface area contributed by atoms with Crippen LogP contribution in [-0.4, -0.2) is 33.9 Å². The zero-order valence-electron chi connectivity index (χ0n) is 10.5. The van der Waals surface area contributed by atoms with Crippen LogP contribution in [0.3, 0.4) is 0 Å². The number of amides is 1. The molecule has 0 fully saturated rings. The summed E-state index contributed by atoms with van der Waals surface area (Å²) in [5.41, 5.74) is 0. The Balaban J connectivity index is 2.40. The molecule has 1 unspecified atom stereocenters. The summed E-state index contributed by atoms with van der Waals surface area (Å²) in [5.74, 6) is -0.602. The Bertz CT molecular complexity index is 454. The molecule has 6 heteroatoms. The lowest BCUT2D eigenvalue weighted by Crippen LogP contribution is -2.30. The number of nitrogens with one attached hydrogen (secondary N) is 1. The fraction of sp³-hybridized carbons (Fsp3) is 0.500. The van der Waals surface area contributed by atoms with Crippen LogP contribution in [0.15, 0.2) is 12.1 Å². The molecule has 0 aliphatic rings. The first-order valence-electron chi connectivity index (χ1n) is 5.74. The molecule has 0 aliphatic carbocycles. The van der Waals surface area contributed by atoms with E-state index in [0.717, 1.165) is 11.3 Å². The third-order valence-electron chi connectivity index (χ3n) is 2.17. The van der Waals surface area contributed by atoms with Crippen molar-refractivity contribution in [2.45, 2.75) is 20.3 Å². The van der Waals surface area contributed by atoms with E-state index in [9.17, 15) is 13.8 Å². The van der Waals surface area contributed by atoms with Gasteiger partial charge in [-0.3, -0.25) is 13.8 Å². The molecule has 1 rings (SSSR count). The second-order valence-electron chi connectivity index (χ2n) is 3.91. The third kappa shape index (κ3) is 5.10. The van der Waals surface area contributed by atoms with Crippen LogP contribution in [0.4, 0.5) is 0 Å². The Labute approximate surface area is 113 Å². The van der Waals surface area contributed by atoms with Crippen molar-refractivity contribution in [2.24, 2.45) is 0 Å². The number of ketones is 1. The van der Waals surface area contributed by atoms with Gasteiger partial charge in [-0.25, -0.2) is 0 Å². The minimum atomic E-state index is -1.43. The zero-order chi connectivity index (χ0) is 13.5. The third-order valence-corrected chi connectivity index (χ3v) is 4.38. The minimum Gasteiger partial charge on any atom is -0.355 e. The van der Waals surface area contributed by atoms with E-state index in [-0.39, 0.29) is 23.2 Å². The molecule has 1 aromatic rings. The van der Waals surface area contributed by atoms with Crippen molar-refractivity contribution in [1.82, 2.24) is 5.32 Å². The average molecular weight is 287 g/mol. The maximum absolute atomic E-state index is 11.7. The summed E-state index contributed by atoms with van der Waals surface area (Å²) >= 11 is 1.39. The molecule has 4 nitrogen and oxygen atoms in total. The van der Waals surface area contributed by atoms with Crippen LogP contribution >= 0.6 is 11.3 Å². The summed E-state index contributed by atoms with van der Waals surface area (Å²) in [4.78, 5) is 24.7. The van der Waals surface area contributed by atoms with Gasteiger partial charge in [0, 0.05) is 22.2 Å². The molecular weight excluding hydrogens is 270 g/mol. The average Bonchev–Trinajstić information content (AvgIpc) is 2.73. The van der Waals surface area contributed by atoms with E-state index < -0.39 is 10.8 Å². The van der Waals surface area contributed by atoms with Crippen LogP contribution in [0.25, 0.3) is 0 Å². The molecule has 0 aliphatic heterocycles. The fourth-order valence-electron chi connectivity index (χ4n) is 1.31. The Hall–Kier alpha value is -1.01. The number of aryl methyl sites for hydroxylation is 1. The second-order valence-corrected chi connectivity index (χ2v) is 6.66. The first-order chi connectivity index (χ1) is 8.52. The number of Topliss-reactive ketones (excluding diaryl/α,β-unsaturated/α-hetero) is 1. The van der Waals surface area contributed by atoms with E-state index in [2.05, 4.69) is 5.32 Å². The predicted molar refractivity (Wildman–Crippen MR) is 74.6 cm³/mol. The summed E-state index contributed by atoms with van der Waals surface area (Å²) in [6.07, 6.45) is 0.839. The molecule has 1 N–H and O–H groups in total. The maximum Gasteiger partial charge on any atom is 0.232 e. The number of carbonyl (C=O) groups is 2. The number of carbonyl (C=O) groups excluding carboxylic acids is 2. The predicted octanol–water partition coefficient (Wildman–Crippen LogP) is 1.51. The van der Waals surface area contributed by atoms with Crippen LogP contribution in [0.1, 0.15) is 27.9 Å². The highest BCUT2D eigenvalue weighted by molar-refractivity contribution is 7.86. The molecule has 18 heavy (non-hydrogen) atoms. The van der Waals surface area contributed by atoms with E-state index in [1.54, 1.807) is 6.07 Å². The van der Waals surface area contributed by atoms with E-state index in [1.807, 2.05) is 19.9 Å². The van der Waals surface area contributed by atoms with Gasteiger partial charge in [0.05, 0.1) is 10.6 Å². The molecular formula is C12H17NO3S2. The normalized spacial score (nSPS) is 12.1. The van der Waals surface area contributed by atoms with Crippen LogP contribution < -0.4 is 5.32 Å². The van der Waals surface area contributed by atoms with Crippen LogP contribution in [-0.2, 0) is 15.6 Å². The summed E-state index contributed by atoms with van der Waals surface area (Å²) < 4.78 is 11.6. The lowest BCUT2D eigenvalue weighted by molar-refractivity contribution is -0.118. The van der Waals surface area contributed by atoms with Crippen molar-refractivity contribution in [3.63, 3.8) is 0 Å². The lowest BCUT2D eigenvalue weighted by Gasteiger charge is -2.02. The Morgan fingerprint density at radius 3 is 2.61 bits per heavy atom. The molecule has 0 saturated heterocycles. The van der Waals surface area contributed by atoms with Gasteiger partial charge in [-0.1, -0.05) is 6.92 Å². The standard InChI is InChI=1S/C12H17NO3S2/c1-3-6-13-12(15)8-18(16)7-10(14)11-5-4-9(2)17-11/h4-5H,3,6-8H2,1-2H3,(H,13,15). The van der Waals surface area contributed by atoms with Gasteiger partial charge in [0.15, 0.2) is 5.78 Å². The first-order valence-corrected chi connectivity index (χ1v) is 8.04. The smallest absolute Gasteiger partial charge is 0.232 e. The Morgan fingerprint density at radius 1 is 1.33 bits per heavy atom. The molecule has 0 bridgehead atoms. The van der Waals surface area contributed by atoms with Gasteiger partial charge in [0.2, 0.25) is 5.91 Å². The minimum absolute atomic E-state index is 0.0838. The van der Waals surface area contributed by atoms with E-state index in [0.29, 0.717) is 11.4 Å². The van der Waals surface area contributed by atoms with Gasteiger partial charge < -0.3 is 5.32 Å². The van der Waals surface area contributed by atoms with Crippen LogP contribution in [0.5, 0.6) is 0 Å². The highest BCUT2D eigenvalue weighted by atomic mass is 32.2. The van der Waals surface area contributed by atoms with Gasteiger partial charge in [-0.15, -0.1) is 11.3 Å². The van der Waals surface area contributed by atoms with Crippen molar-refractivity contribution in [3.05, 3.63) is 21.9 Å². The summed E-state index contributed by atoms with van der Waals surface area (Å²) in [7, 11) is -1.43. The van der Waals surface area contributed by atoms with Crippen molar-refractivity contribution in [2.75, 3.05) is 18.1 Å². The van der Waals surface area contributed by atoms with E-state index in [4.69, 9.17) is 0 Å². The van der Waals surface area contributed by atoms with Gasteiger partial charge in [-0.2, -0.15) is 0 Å². The largest absolute Gasteiger partial charge is 0.355 e. The lowest BCUT2D eigenvalue weighted by atomic mass is 10.3. The van der Waals surface area contributed by atoms with Gasteiger partial charge in [-0.05, 0) is 25.5 Å². The highest BCUT2D eigenvalue weighted by Gasteiger charge is 2.14. The molecule has 0 radical (unpaired) electrons. The van der Waals surface area contributed by atoms with Gasteiger partial charge in [0.25, 0.3) is 0 Å². The molecule has 0 spiro atoms.